The van der Waals surface area contributed by atoms with Gasteiger partial charge in [0.1, 0.15) is 0 Å². The molecule has 144 valence electrons. The molecule has 0 radical (unpaired) electrons. The molecule has 2 rings (SSSR count). The van der Waals surface area contributed by atoms with E-state index in [1.807, 2.05) is 13.8 Å². The minimum absolute atomic E-state index is 0.0750. The van der Waals surface area contributed by atoms with Gasteiger partial charge in [0, 0.05) is 17.8 Å². The number of carboxylic acids is 1. The van der Waals surface area contributed by atoms with Crippen LogP contribution in [-0.2, 0) is 21.2 Å². The molecule has 0 spiro atoms. The molecule has 0 bridgehead atoms. The second kappa shape index (κ2) is 8.79. The first kappa shape index (κ1) is 20.6. The first-order chi connectivity index (χ1) is 12.7. The van der Waals surface area contributed by atoms with Gasteiger partial charge in [-0.1, -0.05) is 32.0 Å². The number of carbonyl (C=O) groups excluding carboxylic acids is 1. The number of rotatable bonds is 8. The summed E-state index contributed by atoms with van der Waals surface area (Å²) >= 11 is 0. The minimum atomic E-state index is -3.62. The molecule has 0 atom stereocenters. The van der Waals surface area contributed by atoms with E-state index in [4.69, 9.17) is 5.11 Å². The lowest BCUT2D eigenvalue weighted by Gasteiger charge is -2.11. The van der Waals surface area contributed by atoms with E-state index in [0.29, 0.717) is 17.8 Å². The zero-order valence-corrected chi connectivity index (χ0v) is 15.9. The highest BCUT2D eigenvalue weighted by molar-refractivity contribution is 7.89. The summed E-state index contributed by atoms with van der Waals surface area (Å²) in [4.78, 5) is 23.4. The van der Waals surface area contributed by atoms with Gasteiger partial charge >= 0.3 is 5.97 Å². The van der Waals surface area contributed by atoms with Gasteiger partial charge in [0.15, 0.2) is 0 Å². The predicted octanol–water partition coefficient (Wildman–Crippen LogP) is 2.50. The standard InChI is InChI=1S/C19H22N2O5S/c1-13(2)12-20-27(25,26)16-9-7-14(8-10-16)19(24)21-17-6-4-3-5-15(17)11-18(22)23/h3-10,13,20H,11-12H2,1-2H3,(H,21,24)(H,22,23). The maximum absolute atomic E-state index is 12.4. The third kappa shape index (κ3) is 5.90. The lowest BCUT2D eigenvalue weighted by Crippen LogP contribution is -2.27. The number of hydrogen-bond donors (Lipinski definition) is 3. The van der Waals surface area contributed by atoms with Crippen LogP contribution in [-0.4, -0.2) is 31.9 Å². The van der Waals surface area contributed by atoms with Crippen molar-refractivity contribution >= 4 is 27.6 Å². The monoisotopic (exact) mass is 390 g/mol. The van der Waals surface area contributed by atoms with Gasteiger partial charge in [-0.3, -0.25) is 9.59 Å². The third-order valence-electron chi connectivity index (χ3n) is 3.72. The fourth-order valence-corrected chi connectivity index (χ4v) is 3.51. The number of benzene rings is 2. The Morgan fingerprint density at radius 3 is 2.26 bits per heavy atom. The first-order valence-electron chi connectivity index (χ1n) is 8.40. The van der Waals surface area contributed by atoms with Gasteiger partial charge in [-0.15, -0.1) is 0 Å². The number of amides is 1. The predicted molar refractivity (Wildman–Crippen MR) is 102 cm³/mol. The summed E-state index contributed by atoms with van der Waals surface area (Å²) in [5.41, 5.74) is 1.15. The van der Waals surface area contributed by atoms with Crippen LogP contribution in [0.2, 0.25) is 0 Å². The fraction of sp³-hybridized carbons (Fsp3) is 0.263. The smallest absolute Gasteiger partial charge is 0.307 e. The Bertz CT molecular complexity index is 921. The number of carboxylic acid groups (broad SMARTS) is 1. The number of carbonyl (C=O) groups is 2. The molecule has 7 nitrogen and oxygen atoms in total. The summed E-state index contributed by atoms with van der Waals surface area (Å²) in [5, 5.41) is 11.6. The maximum atomic E-state index is 12.4. The molecule has 0 aliphatic carbocycles. The van der Waals surface area contributed by atoms with Crippen molar-refractivity contribution in [3.05, 3.63) is 59.7 Å². The highest BCUT2D eigenvalue weighted by atomic mass is 32.2. The van der Waals surface area contributed by atoms with E-state index < -0.39 is 21.9 Å². The highest BCUT2D eigenvalue weighted by Crippen LogP contribution is 2.18. The van der Waals surface area contributed by atoms with Crippen molar-refractivity contribution in [2.75, 3.05) is 11.9 Å². The number of anilines is 1. The van der Waals surface area contributed by atoms with E-state index in [-0.39, 0.29) is 22.8 Å². The van der Waals surface area contributed by atoms with Crippen LogP contribution in [0.1, 0.15) is 29.8 Å². The molecule has 0 saturated heterocycles. The second-order valence-corrected chi connectivity index (χ2v) is 8.22. The van der Waals surface area contributed by atoms with Crippen LogP contribution in [0.4, 0.5) is 5.69 Å². The van der Waals surface area contributed by atoms with Gasteiger partial charge in [0.2, 0.25) is 10.0 Å². The molecule has 1 amide bonds. The van der Waals surface area contributed by atoms with Crippen molar-refractivity contribution in [3.8, 4) is 0 Å². The average molecular weight is 390 g/mol. The Morgan fingerprint density at radius 2 is 1.67 bits per heavy atom. The van der Waals surface area contributed by atoms with E-state index in [1.165, 1.54) is 24.3 Å². The van der Waals surface area contributed by atoms with E-state index in [0.717, 1.165) is 0 Å². The largest absolute Gasteiger partial charge is 0.481 e. The van der Waals surface area contributed by atoms with Crippen LogP contribution in [0.5, 0.6) is 0 Å². The zero-order valence-electron chi connectivity index (χ0n) is 15.1. The van der Waals surface area contributed by atoms with Crippen LogP contribution >= 0.6 is 0 Å². The van der Waals surface area contributed by atoms with Crippen LogP contribution in [0, 0.1) is 5.92 Å². The molecule has 3 N–H and O–H groups in total. The van der Waals surface area contributed by atoms with Gasteiger partial charge in [-0.2, -0.15) is 0 Å². The molecule has 2 aromatic carbocycles. The summed E-state index contributed by atoms with van der Waals surface area (Å²) in [7, 11) is -3.62. The zero-order chi connectivity index (χ0) is 20.0. The summed E-state index contributed by atoms with van der Waals surface area (Å²) in [6, 6.07) is 12.2. The van der Waals surface area contributed by atoms with Crippen LogP contribution < -0.4 is 10.0 Å². The van der Waals surface area contributed by atoms with E-state index >= 15 is 0 Å². The van der Waals surface area contributed by atoms with Gasteiger partial charge < -0.3 is 10.4 Å². The highest BCUT2D eigenvalue weighted by Gasteiger charge is 2.16. The molecule has 0 aromatic heterocycles. The van der Waals surface area contributed by atoms with Crippen molar-refractivity contribution in [3.63, 3.8) is 0 Å². The SMILES string of the molecule is CC(C)CNS(=O)(=O)c1ccc(C(=O)Nc2ccccc2CC(=O)O)cc1. The van der Waals surface area contributed by atoms with Gasteiger partial charge in [-0.25, -0.2) is 13.1 Å². The first-order valence-corrected chi connectivity index (χ1v) is 9.88. The Balaban J connectivity index is 2.14. The molecule has 2 aromatic rings. The summed E-state index contributed by atoms with van der Waals surface area (Å²) in [6.45, 7) is 4.13. The Labute approximate surface area is 158 Å². The summed E-state index contributed by atoms with van der Waals surface area (Å²) < 4.78 is 26.9. The second-order valence-electron chi connectivity index (χ2n) is 6.45. The molecule has 0 aliphatic heterocycles. The number of hydrogen-bond acceptors (Lipinski definition) is 4. The van der Waals surface area contributed by atoms with Crippen LogP contribution in [0.3, 0.4) is 0 Å². The number of aliphatic carboxylic acids is 1. The number of nitrogens with one attached hydrogen (secondary N) is 2. The lowest BCUT2D eigenvalue weighted by molar-refractivity contribution is -0.136. The van der Waals surface area contributed by atoms with E-state index in [9.17, 15) is 18.0 Å². The maximum Gasteiger partial charge on any atom is 0.307 e. The van der Waals surface area contributed by atoms with Crippen LogP contribution in [0.15, 0.2) is 53.4 Å². The summed E-state index contributed by atoms with van der Waals surface area (Å²) in [5.74, 6) is -1.28. The molecule has 0 heterocycles. The molecule has 0 aliphatic rings. The van der Waals surface area contributed by atoms with Crippen molar-refractivity contribution in [2.45, 2.75) is 25.2 Å². The molecular formula is C19H22N2O5S. The number of para-hydroxylation sites is 1. The molecule has 0 saturated carbocycles. The molecule has 8 heteroatoms. The minimum Gasteiger partial charge on any atom is -0.481 e. The van der Waals surface area contributed by atoms with E-state index in [2.05, 4.69) is 10.0 Å². The van der Waals surface area contributed by atoms with Crippen molar-refractivity contribution in [1.29, 1.82) is 0 Å². The molecule has 0 fully saturated rings. The van der Waals surface area contributed by atoms with E-state index in [1.54, 1.807) is 24.3 Å². The Hall–Kier alpha value is -2.71. The fourth-order valence-electron chi connectivity index (χ4n) is 2.30. The third-order valence-corrected chi connectivity index (χ3v) is 5.16. The Kier molecular flexibility index (Phi) is 6.70. The van der Waals surface area contributed by atoms with Gasteiger partial charge in [0.05, 0.1) is 11.3 Å². The molecule has 0 unspecified atom stereocenters. The quantitative estimate of drug-likeness (QED) is 0.641. The normalized spacial score (nSPS) is 11.4. The molecular weight excluding hydrogens is 368 g/mol. The summed E-state index contributed by atoms with van der Waals surface area (Å²) in [6.07, 6.45) is -0.213. The van der Waals surface area contributed by atoms with Crippen LogP contribution in [0.25, 0.3) is 0 Å². The van der Waals surface area contributed by atoms with Gasteiger partial charge in [-0.05, 0) is 41.8 Å². The van der Waals surface area contributed by atoms with Crippen molar-refractivity contribution in [1.82, 2.24) is 4.72 Å². The topological polar surface area (TPSA) is 113 Å². The number of sulfonamides is 1. The lowest BCUT2D eigenvalue weighted by atomic mass is 10.1. The van der Waals surface area contributed by atoms with Gasteiger partial charge in [0.25, 0.3) is 5.91 Å². The molecule has 27 heavy (non-hydrogen) atoms. The average Bonchev–Trinajstić information content (AvgIpc) is 2.61. The van der Waals surface area contributed by atoms with Crippen molar-refractivity contribution in [2.24, 2.45) is 5.92 Å². The Morgan fingerprint density at radius 1 is 1.04 bits per heavy atom. The van der Waals surface area contributed by atoms with Crippen molar-refractivity contribution < 1.29 is 23.1 Å².